The van der Waals surface area contributed by atoms with Gasteiger partial charge in [0.2, 0.25) is 47.3 Å². The Morgan fingerprint density at radius 2 is 1.16 bits per heavy atom. The van der Waals surface area contributed by atoms with Crippen LogP contribution >= 0.6 is 37.0 Å². The van der Waals surface area contributed by atoms with E-state index in [9.17, 15) is 58.2 Å². The second-order valence-corrected chi connectivity index (χ2v) is 15.0. The van der Waals surface area contributed by atoms with Crippen LogP contribution in [0.15, 0.2) is 35.3 Å². The van der Waals surface area contributed by atoms with Crippen molar-refractivity contribution >= 4 is 102 Å². The number of nitrogens with two attached hydrogens (primary N) is 2. The highest BCUT2D eigenvalue weighted by Gasteiger charge is 2.32. The molecule has 0 aliphatic carbocycles. The van der Waals surface area contributed by atoms with Gasteiger partial charge in [-0.15, -0.1) is 0 Å². The molecule has 1 rings (SSSR count). The summed E-state index contributed by atoms with van der Waals surface area (Å²) in [5.74, 6) is -9.86. The molecule has 62 heavy (non-hydrogen) atoms. The van der Waals surface area contributed by atoms with Gasteiger partial charge in [0, 0.05) is 31.4 Å². The summed E-state index contributed by atoms with van der Waals surface area (Å²) >= 11 is 9.24. The van der Waals surface area contributed by atoms with Gasteiger partial charge in [0.15, 0.2) is 5.96 Å². The summed E-state index contributed by atoms with van der Waals surface area (Å²) in [7, 11) is 0. The van der Waals surface area contributed by atoms with Gasteiger partial charge in [0.05, 0.1) is 19.5 Å². The number of rotatable bonds is 29. The molecule has 0 radical (unpaired) electrons. The van der Waals surface area contributed by atoms with E-state index in [0.29, 0.717) is 11.3 Å². The fourth-order valence-electron chi connectivity index (χ4n) is 5.23. The standard InChI is InChI=1S/C36H55N11O12S3/c1-19(48)42-25(17-60)34(57)45-21(9-6-11-39-36(37)38)30(53)40-15-27(49)43-24(14-29(51)52)33(56)46-22(10-12-62-2)32(55)47-23(13-20-7-4-3-5-8-20)31(54)41-16-28(50)44-26(18-61)35(58)59/h3-5,7-8,21-26,60-61H,6,9-18H2,1-2H3,(H,40,53)(H,41,54)(H,42,48)(H,43,49)(H,44,50)(H,45,57)(H,46,56)(H,47,55)(H,51,52)(H,58,59)(H4,37,38,39). The van der Waals surface area contributed by atoms with Gasteiger partial charge in [-0.2, -0.15) is 37.0 Å². The molecule has 0 fully saturated rings. The van der Waals surface area contributed by atoms with Crippen LogP contribution in [0.3, 0.4) is 0 Å². The number of hydrogen-bond acceptors (Lipinski definition) is 14. The van der Waals surface area contributed by atoms with Crippen molar-refractivity contribution in [2.24, 2.45) is 16.5 Å². The summed E-state index contributed by atoms with van der Waals surface area (Å²) in [5, 5.41) is 37.7. The third-order valence-electron chi connectivity index (χ3n) is 8.31. The molecule has 0 aliphatic heterocycles. The molecule has 8 amide bonds. The Bertz CT molecular complexity index is 1760. The van der Waals surface area contributed by atoms with Gasteiger partial charge in [-0.3, -0.25) is 48.1 Å². The number of hydrogen-bond donors (Lipinski definition) is 14. The van der Waals surface area contributed by atoms with Gasteiger partial charge in [0.1, 0.15) is 36.3 Å². The molecule has 23 nitrogen and oxygen atoms in total. The van der Waals surface area contributed by atoms with Crippen molar-refractivity contribution in [1.82, 2.24) is 42.5 Å². The number of carboxylic acid groups (broad SMARTS) is 2. The lowest BCUT2D eigenvalue weighted by molar-refractivity contribution is -0.141. The predicted octanol–water partition coefficient (Wildman–Crippen LogP) is -4.38. The zero-order valence-corrected chi connectivity index (χ0v) is 36.6. The lowest BCUT2D eigenvalue weighted by Gasteiger charge is -2.25. The Kier molecular flexibility index (Phi) is 25.8. The quantitative estimate of drug-likeness (QED) is 0.0156. The summed E-state index contributed by atoms with van der Waals surface area (Å²) < 4.78 is 0. The van der Waals surface area contributed by atoms with E-state index in [1.165, 1.54) is 18.7 Å². The van der Waals surface area contributed by atoms with E-state index in [-0.39, 0.29) is 49.7 Å². The molecule has 6 atom stereocenters. The number of nitrogens with one attached hydrogen (secondary N) is 8. The van der Waals surface area contributed by atoms with Crippen LogP contribution in [0.2, 0.25) is 0 Å². The van der Waals surface area contributed by atoms with Crippen molar-refractivity contribution in [3.63, 3.8) is 0 Å². The summed E-state index contributed by atoms with van der Waals surface area (Å²) in [4.78, 5) is 130. The number of benzene rings is 1. The van der Waals surface area contributed by atoms with Crippen LogP contribution in [-0.2, 0) is 54.4 Å². The summed E-state index contributed by atoms with van der Waals surface area (Å²) in [5.41, 5.74) is 11.3. The Hall–Kier alpha value is -5.76. The minimum atomic E-state index is -1.76. The highest BCUT2D eigenvalue weighted by Crippen LogP contribution is 2.08. The van der Waals surface area contributed by atoms with Crippen LogP contribution in [0.5, 0.6) is 0 Å². The lowest BCUT2D eigenvalue weighted by Crippen LogP contribution is -2.58. The van der Waals surface area contributed by atoms with Crippen LogP contribution in [0.25, 0.3) is 0 Å². The minimum Gasteiger partial charge on any atom is -0.481 e. The largest absolute Gasteiger partial charge is 0.481 e. The van der Waals surface area contributed by atoms with Crippen molar-refractivity contribution in [1.29, 1.82) is 0 Å². The topological polar surface area (TPSA) is 372 Å². The summed E-state index contributed by atoms with van der Waals surface area (Å²) in [6.07, 6.45) is 0.855. The fraction of sp³-hybridized carbons (Fsp3) is 0.528. The van der Waals surface area contributed by atoms with Crippen molar-refractivity contribution in [3.8, 4) is 0 Å². The number of nitrogens with zero attached hydrogens (tertiary/aromatic N) is 1. The average molecular weight is 930 g/mol. The molecule has 0 heterocycles. The van der Waals surface area contributed by atoms with Crippen LogP contribution in [-0.4, -0.2) is 155 Å². The van der Waals surface area contributed by atoms with Gasteiger partial charge in [-0.1, -0.05) is 30.3 Å². The molecule has 0 aromatic heterocycles. The van der Waals surface area contributed by atoms with E-state index in [1.54, 1.807) is 36.6 Å². The molecule has 0 bridgehead atoms. The molecule has 1 aromatic rings. The van der Waals surface area contributed by atoms with Gasteiger partial charge >= 0.3 is 11.9 Å². The number of amides is 8. The van der Waals surface area contributed by atoms with Crippen molar-refractivity contribution < 1.29 is 58.2 Å². The second-order valence-electron chi connectivity index (χ2n) is 13.3. The first kappa shape index (κ1) is 54.3. The third-order valence-corrected chi connectivity index (χ3v) is 9.68. The lowest BCUT2D eigenvalue weighted by atomic mass is 10.0. The summed E-state index contributed by atoms with van der Waals surface area (Å²) in [6, 6.07) is 0.316. The van der Waals surface area contributed by atoms with E-state index in [0.717, 1.165) is 0 Å². The number of guanidine groups is 1. The molecule has 0 spiro atoms. The van der Waals surface area contributed by atoms with Crippen molar-refractivity contribution in [3.05, 3.63) is 35.9 Å². The first-order valence-electron chi connectivity index (χ1n) is 18.9. The molecular formula is C36H55N11O12S3. The maximum Gasteiger partial charge on any atom is 0.327 e. The number of thiol groups is 2. The number of carbonyl (C=O) groups is 10. The molecule has 6 unspecified atom stereocenters. The number of aliphatic carboxylic acids is 2. The van der Waals surface area contributed by atoms with Gasteiger partial charge in [-0.25, -0.2) is 4.79 Å². The number of aliphatic imine (C=N–C) groups is 1. The number of thioether (sulfide) groups is 1. The van der Waals surface area contributed by atoms with E-state index in [1.807, 2.05) is 0 Å². The van der Waals surface area contributed by atoms with Crippen LogP contribution in [0.1, 0.15) is 38.2 Å². The molecular weight excluding hydrogens is 875 g/mol. The van der Waals surface area contributed by atoms with Gasteiger partial charge in [-0.05, 0) is 36.8 Å². The first-order valence-corrected chi connectivity index (χ1v) is 21.5. The Morgan fingerprint density at radius 1 is 0.661 bits per heavy atom. The molecule has 14 N–H and O–H groups in total. The molecule has 344 valence electrons. The third kappa shape index (κ3) is 22.2. The van der Waals surface area contributed by atoms with Crippen LogP contribution in [0, 0.1) is 0 Å². The monoisotopic (exact) mass is 929 g/mol. The number of carboxylic acids is 2. The van der Waals surface area contributed by atoms with E-state index < -0.39 is 115 Å². The average Bonchev–Trinajstić information content (AvgIpc) is 3.21. The van der Waals surface area contributed by atoms with E-state index in [4.69, 9.17) is 11.5 Å². The summed E-state index contributed by atoms with van der Waals surface area (Å²) in [6.45, 7) is -0.173. The number of carbonyl (C=O) groups excluding carboxylic acids is 8. The van der Waals surface area contributed by atoms with E-state index >= 15 is 0 Å². The molecule has 0 aliphatic rings. The first-order chi connectivity index (χ1) is 29.3. The molecule has 26 heteroatoms. The van der Waals surface area contributed by atoms with Crippen LogP contribution < -0.4 is 54.0 Å². The zero-order chi connectivity index (χ0) is 46.8. The Morgan fingerprint density at radius 3 is 1.66 bits per heavy atom. The maximum absolute atomic E-state index is 13.7. The van der Waals surface area contributed by atoms with Crippen LogP contribution in [0.4, 0.5) is 0 Å². The fourth-order valence-corrected chi connectivity index (χ4v) is 6.21. The molecule has 0 saturated heterocycles. The maximum atomic E-state index is 13.7. The molecule has 0 saturated carbocycles. The minimum absolute atomic E-state index is 0.0166. The highest BCUT2D eigenvalue weighted by atomic mass is 32.2. The highest BCUT2D eigenvalue weighted by molar-refractivity contribution is 7.98. The van der Waals surface area contributed by atoms with Crippen molar-refractivity contribution in [2.45, 2.75) is 75.3 Å². The van der Waals surface area contributed by atoms with Gasteiger partial charge < -0.3 is 64.2 Å². The predicted molar refractivity (Wildman–Crippen MR) is 234 cm³/mol. The Labute approximate surface area is 372 Å². The van der Waals surface area contributed by atoms with Crippen molar-refractivity contribution in [2.75, 3.05) is 43.1 Å². The normalized spacial score (nSPS) is 13.5. The smallest absolute Gasteiger partial charge is 0.327 e. The van der Waals surface area contributed by atoms with E-state index in [2.05, 4.69) is 72.8 Å². The molecule has 1 aromatic carbocycles. The Balaban J connectivity index is 3.17. The SMILES string of the molecule is CSCCC(NC(=O)C(CC(=O)O)NC(=O)CNC(=O)C(CCCN=C(N)N)NC(=O)C(CS)NC(C)=O)C(=O)NC(Cc1ccccc1)C(=O)NCC(=O)NC(CS)C(=O)O. The zero-order valence-electron chi connectivity index (χ0n) is 34.0. The van der Waals surface area contributed by atoms with Gasteiger partial charge in [0.25, 0.3) is 0 Å². The second kappa shape index (κ2) is 29.5.